The smallest absolute Gasteiger partial charge is 0.321 e. The average molecular weight is 257 g/mol. The minimum atomic E-state index is -0.228. The molecule has 1 heterocycles. The van der Waals surface area contributed by atoms with Crippen molar-refractivity contribution in [2.75, 3.05) is 31.5 Å². The molecule has 0 radical (unpaired) electrons. The second-order valence-electron chi connectivity index (χ2n) is 3.53. The van der Waals surface area contributed by atoms with Crippen LogP contribution in [0.5, 0.6) is 0 Å². The fraction of sp³-hybridized carbons (Fsp3) is 0.700. The quantitative estimate of drug-likeness (QED) is 0.806. The first kappa shape index (κ1) is 13.9. The highest BCUT2D eigenvalue weighted by Crippen LogP contribution is 2.12. The Labute approximate surface area is 105 Å². The van der Waals surface area contributed by atoms with E-state index in [1.54, 1.807) is 0 Å². The monoisotopic (exact) mass is 257 g/mol. The molecule has 0 unspecified atom stereocenters. The van der Waals surface area contributed by atoms with E-state index in [4.69, 9.17) is 0 Å². The molecule has 1 aromatic rings. The topological polar surface area (TPSA) is 70.2 Å². The van der Waals surface area contributed by atoms with E-state index in [0.29, 0.717) is 11.7 Å². The number of carbonyl (C=O) groups excluding carboxylic acids is 1. The van der Waals surface area contributed by atoms with E-state index in [-0.39, 0.29) is 6.03 Å². The summed E-state index contributed by atoms with van der Waals surface area (Å²) in [6.45, 7) is 9.54. The van der Waals surface area contributed by atoms with E-state index in [1.807, 2.05) is 6.92 Å². The van der Waals surface area contributed by atoms with Crippen LogP contribution < -0.4 is 10.6 Å². The Kier molecular flexibility index (Phi) is 5.85. The molecule has 0 saturated heterocycles. The van der Waals surface area contributed by atoms with E-state index in [0.717, 1.165) is 24.6 Å². The summed E-state index contributed by atoms with van der Waals surface area (Å²) in [7, 11) is 0. The normalized spacial score (nSPS) is 10.6. The summed E-state index contributed by atoms with van der Waals surface area (Å²) in [5.74, 6) is 0. The van der Waals surface area contributed by atoms with Gasteiger partial charge in [0, 0.05) is 13.1 Å². The summed E-state index contributed by atoms with van der Waals surface area (Å²) in [4.78, 5) is 13.7. The standard InChI is InChI=1S/C10H19N5OS/c1-4-15(5-2)7-6-11-9(16)12-10-14-13-8(3)17-10/h4-7H2,1-3H3,(H2,11,12,14,16). The van der Waals surface area contributed by atoms with Crippen molar-refractivity contribution in [1.29, 1.82) is 0 Å². The van der Waals surface area contributed by atoms with Gasteiger partial charge in [0.1, 0.15) is 5.01 Å². The van der Waals surface area contributed by atoms with Gasteiger partial charge >= 0.3 is 6.03 Å². The number of hydrogen-bond acceptors (Lipinski definition) is 5. The summed E-state index contributed by atoms with van der Waals surface area (Å²) in [6.07, 6.45) is 0. The number of aryl methyl sites for hydroxylation is 1. The lowest BCUT2D eigenvalue weighted by Crippen LogP contribution is -2.36. The van der Waals surface area contributed by atoms with Gasteiger partial charge in [0.15, 0.2) is 0 Å². The van der Waals surface area contributed by atoms with Gasteiger partial charge in [0.25, 0.3) is 0 Å². The van der Waals surface area contributed by atoms with Gasteiger partial charge in [-0.1, -0.05) is 25.2 Å². The van der Waals surface area contributed by atoms with Gasteiger partial charge in [0.05, 0.1) is 0 Å². The predicted octanol–water partition coefficient (Wildman–Crippen LogP) is 1.31. The average Bonchev–Trinajstić information content (AvgIpc) is 2.70. The van der Waals surface area contributed by atoms with Crippen molar-refractivity contribution in [3.63, 3.8) is 0 Å². The molecule has 2 N–H and O–H groups in total. The van der Waals surface area contributed by atoms with Crippen LogP contribution in [-0.2, 0) is 0 Å². The molecular formula is C10H19N5OS. The molecule has 6 nitrogen and oxygen atoms in total. The van der Waals surface area contributed by atoms with E-state index in [1.165, 1.54) is 11.3 Å². The van der Waals surface area contributed by atoms with E-state index in [2.05, 4.69) is 39.6 Å². The lowest BCUT2D eigenvalue weighted by molar-refractivity contribution is 0.248. The molecule has 17 heavy (non-hydrogen) atoms. The Hall–Kier alpha value is -1.21. The van der Waals surface area contributed by atoms with Crippen LogP contribution in [0, 0.1) is 6.92 Å². The number of aromatic nitrogens is 2. The molecule has 0 aliphatic heterocycles. The van der Waals surface area contributed by atoms with Crippen molar-refractivity contribution in [2.45, 2.75) is 20.8 Å². The van der Waals surface area contributed by atoms with Crippen LogP contribution in [0.25, 0.3) is 0 Å². The van der Waals surface area contributed by atoms with Crippen molar-refractivity contribution in [3.05, 3.63) is 5.01 Å². The number of hydrogen-bond donors (Lipinski definition) is 2. The highest BCUT2D eigenvalue weighted by atomic mass is 32.1. The van der Waals surface area contributed by atoms with Crippen molar-refractivity contribution in [2.24, 2.45) is 0 Å². The van der Waals surface area contributed by atoms with Crippen molar-refractivity contribution in [3.8, 4) is 0 Å². The number of amides is 2. The number of likely N-dealkylation sites (N-methyl/N-ethyl adjacent to an activating group) is 1. The van der Waals surface area contributed by atoms with E-state index < -0.39 is 0 Å². The van der Waals surface area contributed by atoms with Crippen molar-refractivity contribution in [1.82, 2.24) is 20.4 Å². The summed E-state index contributed by atoms with van der Waals surface area (Å²) >= 11 is 1.36. The van der Waals surface area contributed by atoms with Gasteiger partial charge in [-0.15, -0.1) is 10.2 Å². The number of urea groups is 1. The Balaban J connectivity index is 2.21. The first-order valence-electron chi connectivity index (χ1n) is 5.73. The van der Waals surface area contributed by atoms with Crippen LogP contribution in [0.1, 0.15) is 18.9 Å². The lowest BCUT2D eigenvalue weighted by atomic mass is 10.4. The Bertz CT molecular complexity index is 350. The number of carbonyl (C=O) groups is 1. The fourth-order valence-electron chi connectivity index (χ4n) is 1.36. The molecule has 1 rings (SSSR count). The fourth-order valence-corrected chi connectivity index (χ4v) is 1.94. The third-order valence-corrected chi connectivity index (χ3v) is 3.11. The predicted molar refractivity (Wildman–Crippen MR) is 69.5 cm³/mol. The maximum absolute atomic E-state index is 11.5. The van der Waals surface area contributed by atoms with E-state index in [9.17, 15) is 4.79 Å². The van der Waals surface area contributed by atoms with Gasteiger partial charge in [0.2, 0.25) is 5.13 Å². The minimum absolute atomic E-state index is 0.228. The second kappa shape index (κ2) is 7.18. The molecule has 2 amide bonds. The van der Waals surface area contributed by atoms with Crippen LogP contribution in [0.3, 0.4) is 0 Å². The minimum Gasteiger partial charge on any atom is -0.337 e. The van der Waals surface area contributed by atoms with Crippen LogP contribution >= 0.6 is 11.3 Å². The molecule has 0 fully saturated rings. The molecule has 0 aromatic carbocycles. The zero-order chi connectivity index (χ0) is 12.7. The molecule has 96 valence electrons. The van der Waals surface area contributed by atoms with Crippen LogP contribution in [-0.4, -0.2) is 47.3 Å². The molecule has 7 heteroatoms. The molecule has 0 aliphatic carbocycles. The number of rotatable bonds is 6. The molecule has 1 aromatic heterocycles. The molecule has 0 saturated carbocycles. The largest absolute Gasteiger partial charge is 0.337 e. The van der Waals surface area contributed by atoms with Gasteiger partial charge in [-0.3, -0.25) is 5.32 Å². The Morgan fingerprint density at radius 1 is 1.35 bits per heavy atom. The molecule has 0 spiro atoms. The highest BCUT2D eigenvalue weighted by molar-refractivity contribution is 7.15. The summed E-state index contributed by atoms with van der Waals surface area (Å²) < 4.78 is 0. The Morgan fingerprint density at radius 2 is 2.06 bits per heavy atom. The van der Waals surface area contributed by atoms with Gasteiger partial charge in [-0.25, -0.2) is 4.79 Å². The lowest BCUT2D eigenvalue weighted by Gasteiger charge is -2.17. The number of nitrogens with zero attached hydrogens (tertiary/aromatic N) is 3. The number of anilines is 1. The maximum atomic E-state index is 11.5. The third kappa shape index (κ3) is 5.10. The van der Waals surface area contributed by atoms with Crippen LogP contribution in [0.15, 0.2) is 0 Å². The molecule has 0 aliphatic rings. The van der Waals surface area contributed by atoms with Crippen LogP contribution in [0.2, 0.25) is 0 Å². The first-order valence-corrected chi connectivity index (χ1v) is 6.54. The molecule has 0 atom stereocenters. The zero-order valence-corrected chi connectivity index (χ0v) is 11.3. The van der Waals surface area contributed by atoms with E-state index >= 15 is 0 Å². The summed E-state index contributed by atoms with van der Waals surface area (Å²) in [6, 6.07) is -0.228. The van der Waals surface area contributed by atoms with Crippen molar-refractivity contribution < 1.29 is 4.79 Å². The zero-order valence-electron chi connectivity index (χ0n) is 10.5. The highest BCUT2D eigenvalue weighted by Gasteiger charge is 2.05. The Morgan fingerprint density at radius 3 is 2.59 bits per heavy atom. The third-order valence-electron chi connectivity index (χ3n) is 2.35. The summed E-state index contributed by atoms with van der Waals surface area (Å²) in [5.41, 5.74) is 0. The number of nitrogens with one attached hydrogen (secondary N) is 2. The van der Waals surface area contributed by atoms with Gasteiger partial charge < -0.3 is 10.2 Å². The second-order valence-corrected chi connectivity index (χ2v) is 4.72. The maximum Gasteiger partial charge on any atom is 0.321 e. The van der Waals surface area contributed by atoms with Gasteiger partial charge in [-0.2, -0.15) is 0 Å². The summed E-state index contributed by atoms with van der Waals surface area (Å²) in [5, 5.41) is 14.4. The van der Waals surface area contributed by atoms with Gasteiger partial charge in [-0.05, 0) is 20.0 Å². The molecule has 0 bridgehead atoms. The van der Waals surface area contributed by atoms with Crippen LogP contribution in [0.4, 0.5) is 9.93 Å². The SMILES string of the molecule is CCN(CC)CCNC(=O)Nc1nnc(C)s1. The van der Waals surface area contributed by atoms with Crippen molar-refractivity contribution >= 4 is 22.5 Å². The molecular weight excluding hydrogens is 238 g/mol. The first-order chi connectivity index (χ1) is 8.15.